The van der Waals surface area contributed by atoms with Crippen molar-refractivity contribution >= 4 is 17.6 Å². The van der Waals surface area contributed by atoms with Crippen molar-refractivity contribution in [2.24, 2.45) is 0 Å². The fourth-order valence-corrected chi connectivity index (χ4v) is 1.33. The van der Waals surface area contributed by atoms with Gasteiger partial charge in [-0.2, -0.15) is 0 Å². The molecule has 0 aromatic heterocycles. The molecule has 0 spiro atoms. The molecule has 0 atom stereocenters. The van der Waals surface area contributed by atoms with E-state index in [0.29, 0.717) is 18.0 Å². The average molecular weight is 253 g/mol. The van der Waals surface area contributed by atoms with Crippen molar-refractivity contribution in [2.75, 3.05) is 26.1 Å². The van der Waals surface area contributed by atoms with Crippen LogP contribution in [0.2, 0.25) is 0 Å². The average Bonchev–Trinajstić information content (AvgIpc) is 2.36. The van der Waals surface area contributed by atoms with Crippen LogP contribution in [0.3, 0.4) is 0 Å². The number of hydrogen-bond donors (Lipinski definition) is 2. The molecule has 6 heteroatoms. The number of rotatable bonds is 6. The maximum atomic E-state index is 11.5. The van der Waals surface area contributed by atoms with Crippen molar-refractivity contribution < 1.29 is 24.2 Å². The second-order valence-corrected chi connectivity index (χ2v) is 3.51. The predicted molar refractivity (Wildman–Crippen MR) is 65.1 cm³/mol. The van der Waals surface area contributed by atoms with Crippen molar-refractivity contribution in [1.29, 1.82) is 0 Å². The van der Waals surface area contributed by atoms with E-state index in [1.54, 1.807) is 0 Å². The van der Waals surface area contributed by atoms with Gasteiger partial charge in [-0.05, 0) is 18.2 Å². The van der Waals surface area contributed by atoms with Gasteiger partial charge in [0.1, 0.15) is 5.75 Å². The third-order valence-corrected chi connectivity index (χ3v) is 2.26. The first-order valence-electron chi connectivity index (χ1n) is 5.28. The summed E-state index contributed by atoms with van der Waals surface area (Å²) in [6.45, 7) is 0.321. The van der Waals surface area contributed by atoms with Crippen LogP contribution >= 0.6 is 0 Å². The first-order valence-corrected chi connectivity index (χ1v) is 5.28. The fraction of sp³-hybridized carbons (Fsp3) is 0.333. The summed E-state index contributed by atoms with van der Waals surface area (Å²) in [5.41, 5.74) is 0.533. The van der Waals surface area contributed by atoms with Crippen LogP contribution in [-0.4, -0.2) is 37.8 Å². The Balaban J connectivity index is 2.82. The predicted octanol–water partition coefficient (Wildman–Crippen LogP) is 1.37. The first kappa shape index (κ1) is 14.0. The zero-order chi connectivity index (χ0) is 13.5. The molecule has 1 rings (SSSR count). The number of methoxy groups -OCH3 is 2. The molecule has 6 nitrogen and oxygen atoms in total. The minimum Gasteiger partial charge on any atom is -0.495 e. The SMILES string of the molecule is COCCC(=O)Nc1ccc(C(=O)O)cc1OC. The number of aromatic carboxylic acids is 1. The highest BCUT2D eigenvalue weighted by Crippen LogP contribution is 2.25. The molecule has 1 aromatic rings. The van der Waals surface area contributed by atoms with E-state index in [1.165, 1.54) is 32.4 Å². The summed E-state index contributed by atoms with van der Waals surface area (Å²) in [6, 6.07) is 4.25. The molecule has 0 radical (unpaired) electrons. The van der Waals surface area contributed by atoms with E-state index in [-0.39, 0.29) is 17.9 Å². The van der Waals surface area contributed by atoms with Gasteiger partial charge in [0.2, 0.25) is 5.91 Å². The van der Waals surface area contributed by atoms with Crippen LogP contribution in [0.4, 0.5) is 5.69 Å². The Hall–Kier alpha value is -2.08. The molecule has 1 aromatic carbocycles. The lowest BCUT2D eigenvalue weighted by atomic mass is 10.2. The van der Waals surface area contributed by atoms with Gasteiger partial charge in [0.05, 0.1) is 31.4 Å². The van der Waals surface area contributed by atoms with E-state index < -0.39 is 5.97 Å². The molecule has 0 bridgehead atoms. The fourth-order valence-electron chi connectivity index (χ4n) is 1.33. The number of hydrogen-bond acceptors (Lipinski definition) is 4. The van der Waals surface area contributed by atoms with Gasteiger partial charge in [-0.3, -0.25) is 4.79 Å². The molecule has 98 valence electrons. The van der Waals surface area contributed by atoms with Crippen LogP contribution in [-0.2, 0) is 9.53 Å². The highest BCUT2D eigenvalue weighted by Gasteiger charge is 2.11. The summed E-state index contributed by atoms with van der Waals surface area (Å²) in [4.78, 5) is 22.3. The molecular weight excluding hydrogens is 238 g/mol. The molecular formula is C12H15NO5. The Kier molecular flexibility index (Phi) is 5.13. The van der Waals surface area contributed by atoms with Crippen molar-refractivity contribution in [3.63, 3.8) is 0 Å². The summed E-state index contributed by atoms with van der Waals surface area (Å²) in [6.07, 6.45) is 0.223. The van der Waals surface area contributed by atoms with Gasteiger partial charge in [0, 0.05) is 7.11 Å². The van der Waals surface area contributed by atoms with Crippen LogP contribution in [0.5, 0.6) is 5.75 Å². The molecule has 0 unspecified atom stereocenters. The molecule has 1 amide bonds. The molecule has 0 saturated carbocycles. The minimum absolute atomic E-state index is 0.0988. The van der Waals surface area contributed by atoms with Gasteiger partial charge in [-0.1, -0.05) is 0 Å². The van der Waals surface area contributed by atoms with Crippen molar-refractivity contribution in [3.05, 3.63) is 23.8 Å². The van der Waals surface area contributed by atoms with Crippen LogP contribution < -0.4 is 10.1 Å². The second kappa shape index (κ2) is 6.61. The standard InChI is InChI=1S/C12H15NO5/c1-17-6-5-11(14)13-9-4-3-8(12(15)16)7-10(9)18-2/h3-4,7H,5-6H2,1-2H3,(H,13,14)(H,15,16). The summed E-state index contributed by atoms with van der Waals surface area (Å²) < 4.78 is 9.82. The molecule has 18 heavy (non-hydrogen) atoms. The Labute approximate surface area is 105 Å². The Bertz CT molecular complexity index is 444. The zero-order valence-corrected chi connectivity index (χ0v) is 10.2. The highest BCUT2D eigenvalue weighted by atomic mass is 16.5. The lowest BCUT2D eigenvalue weighted by molar-refractivity contribution is -0.117. The van der Waals surface area contributed by atoms with E-state index in [2.05, 4.69) is 5.32 Å². The van der Waals surface area contributed by atoms with Gasteiger partial charge >= 0.3 is 5.97 Å². The number of anilines is 1. The van der Waals surface area contributed by atoms with Crippen LogP contribution in [0.25, 0.3) is 0 Å². The Morgan fingerprint density at radius 3 is 2.61 bits per heavy atom. The quantitative estimate of drug-likeness (QED) is 0.799. The highest BCUT2D eigenvalue weighted by molar-refractivity contribution is 5.94. The summed E-state index contributed by atoms with van der Waals surface area (Å²) in [5, 5.41) is 11.5. The Morgan fingerprint density at radius 2 is 2.06 bits per heavy atom. The van der Waals surface area contributed by atoms with Gasteiger partial charge in [-0.15, -0.1) is 0 Å². The van der Waals surface area contributed by atoms with Crippen molar-refractivity contribution in [1.82, 2.24) is 0 Å². The van der Waals surface area contributed by atoms with E-state index >= 15 is 0 Å². The van der Waals surface area contributed by atoms with Gasteiger partial charge in [0.15, 0.2) is 0 Å². The van der Waals surface area contributed by atoms with E-state index in [1.807, 2.05) is 0 Å². The van der Waals surface area contributed by atoms with Gasteiger partial charge in [-0.25, -0.2) is 4.79 Å². The maximum absolute atomic E-state index is 11.5. The number of carbonyl (C=O) groups excluding carboxylic acids is 1. The number of benzene rings is 1. The van der Waals surface area contributed by atoms with E-state index in [0.717, 1.165) is 0 Å². The van der Waals surface area contributed by atoms with Gasteiger partial charge in [0.25, 0.3) is 0 Å². The Morgan fingerprint density at radius 1 is 1.33 bits per heavy atom. The molecule has 0 heterocycles. The normalized spacial score (nSPS) is 9.89. The summed E-state index contributed by atoms with van der Waals surface area (Å²) >= 11 is 0. The summed E-state index contributed by atoms with van der Waals surface area (Å²) in [5.74, 6) is -0.968. The molecule has 0 fully saturated rings. The van der Waals surface area contributed by atoms with Crippen molar-refractivity contribution in [3.8, 4) is 5.75 Å². The second-order valence-electron chi connectivity index (χ2n) is 3.51. The third-order valence-electron chi connectivity index (χ3n) is 2.26. The number of ether oxygens (including phenoxy) is 2. The lowest BCUT2D eigenvalue weighted by Crippen LogP contribution is -2.14. The van der Waals surface area contributed by atoms with E-state index in [4.69, 9.17) is 14.6 Å². The van der Waals surface area contributed by atoms with Crippen molar-refractivity contribution in [2.45, 2.75) is 6.42 Å². The molecule has 0 aliphatic heterocycles. The summed E-state index contributed by atoms with van der Waals surface area (Å²) in [7, 11) is 2.92. The topological polar surface area (TPSA) is 84.9 Å². The van der Waals surface area contributed by atoms with E-state index in [9.17, 15) is 9.59 Å². The third kappa shape index (κ3) is 3.74. The molecule has 0 saturated heterocycles. The number of carboxylic acids is 1. The molecule has 2 N–H and O–H groups in total. The maximum Gasteiger partial charge on any atom is 0.335 e. The number of carboxylic acid groups (broad SMARTS) is 1. The monoisotopic (exact) mass is 253 g/mol. The number of nitrogens with one attached hydrogen (secondary N) is 1. The van der Waals surface area contributed by atoms with Crippen LogP contribution in [0.1, 0.15) is 16.8 Å². The zero-order valence-electron chi connectivity index (χ0n) is 10.2. The largest absolute Gasteiger partial charge is 0.495 e. The lowest BCUT2D eigenvalue weighted by Gasteiger charge is -2.10. The van der Waals surface area contributed by atoms with Gasteiger partial charge < -0.3 is 19.9 Å². The van der Waals surface area contributed by atoms with Crippen LogP contribution in [0, 0.1) is 0 Å². The molecule has 0 aliphatic carbocycles. The number of carbonyl (C=O) groups is 2. The molecule has 0 aliphatic rings. The first-order chi connectivity index (χ1) is 8.58. The minimum atomic E-state index is -1.05. The smallest absolute Gasteiger partial charge is 0.335 e. The number of amides is 1. The van der Waals surface area contributed by atoms with Crippen LogP contribution in [0.15, 0.2) is 18.2 Å².